The SMILES string of the molecule is O=C1CC2CCC(C1)[N-]2.[Rb+]. The number of Topliss-reactive ketones (excluding diaryl/α,β-unsaturated/α-hetero) is 1. The van der Waals surface area contributed by atoms with E-state index >= 15 is 0 Å². The fourth-order valence-electron chi connectivity index (χ4n) is 1.75. The number of piperidine rings is 1. The van der Waals surface area contributed by atoms with E-state index in [0.29, 0.717) is 17.9 Å². The predicted octanol–water partition coefficient (Wildman–Crippen LogP) is -1.74. The third-order valence-electron chi connectivity index (χ3n) is 2.18. The van der Waals surface area contributed by atoms with Crippen LogP contribution in [0, 0.1) is 0 Å². The van der Waals surface area contributed by atoms with Crippen LogP contribution in [-0.4, -0.2) is 17.9 Å². The maximum atomic E-state index is 10.9. The standard InChI is InChI=1S/C7H10NO.Rb/c9-7-3-5-1-2-6(4-7)8-5;/h5-6H,1-4H2;/q-1;+1. The first-order valence-electron chi connectivity index (χ1n) is 3.56. The van der Waals surface area contributed by atoms with Crippen molar-refractivity contribution < 1.29 is 63.0 Å². The summed E-state index contributed by atoms with van der Waals surface area (Å²) in [5.41, 5.74) is 0. The van der Waals surface area contributed by atoms with Crippen LogP contribution in [0.4, 0.5) is 0 Å². The van der Waals surface area contributed by atoms with Crippen LogP contribution in [0.3, 0.4) is 0 Å². The van der Waals surface area contributed by atoms with E-state index < -0.39 is 0 Å². The van der Waals surface area contributed by atoms with Gasteiger partial charge in [-0.15, -0.1) is 12.1 Å². The average molecular weight is 210 g/mol. The second kappa shape index (κ2) is 3.90. The second-order valence-corrected chi connectivity index (χ2v) is 2.98. The first-order valence-corrected chi connectivity index (χ1v) is 3.56. The van der Waals surface area contributed by atoms with E-state index in [4.69, 9.17) is 0 Å². The molecule has 2 fully saturated rings. The summed E-state index contributed by atoms with van der Waals surface area (Å²) in [5, 5.41) is 4.42. The first kappa shape index (κ1) is 9.52. The minimum Gasteiger partial charge on any atom is -0.656 e. The van der Waals surface area contributed by atoms with Crippen LogP contribution in [-0.2, 0) is 4.79 Å². The molecule has 2 rings (SSSR count). The molecule has 10 heavy (non-hydrogen) atoms. The smallest absolute Gasteiger partial charge is 0.656 e. The van der Waals surface area contributed by atoms with Crippen LogP contribution >= 0.6 is 0 Å². The summed E-state index contributed by atoms with van der Waals surface area (Å²) >= 11 is 0. The quantitative estimate of drug-likeness (QED) is 0.466. The number of hydrogen-bond donors (Lipinski definition) is 0. The van der Waals surface area contributed by atoms with Gasteiger partial charge in [-0.1, -0.05) is 12.8 Å². The number of fused-ring (bicyclic) bond motifs is 2. The Labute approximate surface area is 110 Å². The zero-order valence-corrected chi connectivity index (χ0v) is 11.3. The molecule has 0 aromatic rings. The molecule has 0 amide bonds. The minimum absolute atomic E-state index is 0. The number of carbonyl (C=O) groups excluding carboxylic acids is 1. The summed E-state index contributed by atoms with van der Waals surface area (Å²) in [7, 11) is 0. The van der Waals surface area contributed by atoms with Gasteiger partial charge in [0.2, 0.25) is 0 Å². The Morgan fingerprint density at radius 3 is 2.20 bits per heavy atom. The molecule has 2 bridgehead atoms. The molecule has 2 unspecified atom stereocenters. The van der Waals surface area contributed by atoms with Crippen LogP contribution in [0.2, 0.25) is 0 Å². The van der Waals surface area contributed by atoms with Crippen LogP contribution in [0.25, 0.3) is 5.32 Å². The van der Waals surface area contributed by atoms with Gasteiger partial charge in [0.15, 0.2) is 0 Å². The molecule has 2 atom stereocenters. The van der Waals surface area contributed by atoms with Gasteiger partial charge in [0.25, 0.3) is 0 Å². The molecule has 0 radical (unpaired) electrons. The van der Waals surface area contributed by atoms with Gasteiger partial charge in [0.05, 0.1) is 0 Å². The van der Waals surface area contributed by atoms with E-state index in [1.165, 1.54) is 0 Å². The van der Waals surface area contributed by atoms with Crippen LogP contribution in [0.1, 0.15) is 25.7 Å². The van der Waals surface area contributed by atoms with Gasteiger partial charge in [-0.3, -0.25) is 4.79 Å². The monoisotopic (exact) mass is 209 g/mol. The van der Waals surface area contributed by atoms with E-state index in [1.54, 1.807) is 0 Å². The molecule has 0 aliphatic carbocycles. The van der Waals surface area contributed by atoms with Gasteiger partial charge < -0.3 is 5.32 Å². The summed E-state index contributed by atoms with van der Waals surface area (Å²) in [6, 6.07) is 0.826. The summed E-state index contributed by atoms with van der Waals surface area (Å²) < 4.78 is 0. The largest absolute Gasteiger partial charge is 1.00 e. The van der Waals surface area contributed by atoms with Crippen molar-refractivity contribution in [2.45, 2.75) is 37.8 Å². The normalized spacial score (nSPS) is 37.4. The van der Waals surface area contributed by atoms with Gasteiger partial charge in [0.1, 0.15) is 5.78 Å². The van der Waals surface area contributed by atoms with Crippen molar-refractivity contribution in [2.24, 2.45) is 0 Å². The molecule has 0 aromatic carbocycles. The van der Waals surface area contributed by atoms with Gasteiger partial charge >= 0.3 is 58.2 Å². The number of hydrogen-bond acceptors (Lipinski definition) is 1. The third kappa shape index (κ3) is 1.98. The van der Waals surface area contributed by atoms with Gasteiger partial charge in [-0.2, -0.15) is 0 Å². The molecule has 2 saturated heterocycles. The predicted molar refractivity (Wildman–Crippen MR) is 34.4 cm³/mol. The number of nitrogens with zero attached hydrogens (tertiary/aromatic N) is 1. The molecule has 0 aromatic heterocycles. The van der Waals surface area contributed by atoms with Gasteiger partial charge in [0, 0.05) is 0 Å². The minimum atomic E-state index is 0. The second-order valence-electron chi connectivity index (χ2n) is 2.98. The van der Waals surface area contributed by atoms with E-state index in [0.717, 1.165) is 25.7 Å². The maximum absolute atomic E-state index is 10.9. The Kier molecular flexibility index (Phi) is 3.71. The molecular weight excluding hydrogens is 200 g/mol. The molecule has 0 N–H and O–H groups in total. The number of rotatable bonds is 0. The van der Waals surface area contributed by atoms with Crippen LogP contribution in [0.15, 0.2) is 0 Å². The number of ketones is 1. The molecular formula is C7H10NORb. The Hall–Kier alpha value is 1.44. The van der Waals surface area contributed by atoms with Crippen molar-refractivity contribution in [1.82, 2.24) is 0 Å². The molecule has 2 aliphatic rings. The summed E-state index contributed by atoms with van der Waals surface area (Å²) in [5.74, 6) is 0.428. The molecule has 0 saturated carbocycles. The fraction of sp³-hybridized carbons (Fsp3) is 0.857. The van der Waals surface area contributed by atoms with Crippen LogP contribution < -0.4 is 58.2 Å². The van der Waals surface area contributed by atoms with E-state index in [2.05, 4.69) is 5.32 Å². The van der Waals surface area contributed by atoms with Gasteiger partial charge in [-0.05, 0) is 12.8 Å². The first-order chi connectivity index (χ1) is 4.34. The Balaban J connectivity index is 0.000000500. The van der Waals surface area contributed by atoms with Crippen LogP contribution in [0.5, 0.6) is 0 Å². The Morgan fingerprint density at radius 1 is 1.20 bits per heavy atom. The number of carbonyl (C=O) groups is 1. The molecule has 2 heterocycles. The zero-order valence-electron chi connectivity index (χ0n) is 6.34. The third-order valence-corrected chi connectivity index (χ3v) is 2.18. The zero-order chi connectivity index (χ0) is 6.27. The fourth-order valence-corrected chi connectivity index (χ4v) is 1.75. The van der Waals surface area contributed by atoms with E-state index in [9.17, 15) is 4.79 Å². The van der Waals surface area contributed by atoms with E-state index in [1.807, 2.05) is 0 Å². The van der Waals surface area contributed by atoms with Crippen molar-refractivity contribution in [3.8, 4) is 0 Å². The van der Waals surface area contributed by atoms with Crippen molar-refractivity contribution in [3.63, 3.8) is 0 Å². The average Bonchev–Trinajstić information content (AvgIpc) is 2.11. The van der Waals surface area contributed by atoms with Gasteiger partial charge in [-0.25, -0.2) is 0 Å². The van der Waals surface area contributed by atoms with Crippen molar-refractivity contribution in [1.29, 1.82) is 0 Å². The van der Waals surface area contributed by atoms with Crippen molar-refractivity contribution in [2.75, 3.05) is 0 Å². The summed E-state index contributed by atoms with van der Waals surface area (Å²) in [6.07, 6.45) is 3.79. The topological polar surface area (TPSA) is 31.2 Å². The summed E-state index contributed by atoms with van der Waals surface area (Å²) in [6.45, 7) is 0. The van der Waals surface area contributed by atoms with Crippen molar-refractivity contribution >= 4 is 5.78 Å². The molecule has 2 aliphatic heterocycles. The molecule has 0 spiro atoms. The Bertz CT molecular complexity index is 135. The Morgan fingerprint density at radius 2 is 1.70 bits per heavy atom. The van der Waals surface area contributed by atoms with Crippen molar-refractivity contribution in [3.05, 3.63) is 5.32 Å². The maximum Gasteiger partial charge on any atom is 1.00 e. The molecule has 3 heteroatoms. The molecule has 2 nitrogen and oxygen atoms in total. The van der Waals surface area contributed by atoms with E-state index in [-0.39, 0.29) is 58.2 Å². The molecule has 50 valence electrons. The summed E-state index contributed by atoms with van der Waals surface area (Å²) in [4.78, 5) is 10.9.